The number of oxazole rings is 1. The van der Waals surface area contributed by atoms with E-state index < -0.39 is 0 Å². The van der Waals surface area contributed by atoms with E-state index >= 15 is 0 Å². The third-order valence-electron chi connectivity index (χ3n) is 2.94. The van der Waals surface area contributed by atoms with Gasteiger partial charge in [0.15, 0.2) is 0 Å². The average molecular weight is 223 g/mol. The molecule has 1 aliphatic carbocycles. The lowest BCUT2D eigenvalue weighted by Crippen LogP contribution is -1.90. The van der Waals surface area contributed by atoms with Crippen LogP contribution in [0.4, 0.5) is 0 Å². The summed E-state index contributed by atoms with van der Waals surface area (Å²) in [5.41, 5.74) is 1.37. The molecular weight excluding hydrogens is 212 g/mol. The second-order valence-electron chi connectivity index (χ2n) is 3.99. The molecule has 15 heavy (non-hydrogen) atoms. The molecule has 0 saturated heterocycles. The van der Waals surface area contributed by atoms with Gasteiger partial charge in [0.2, 0.25) is 11.6 Å². The third-order valence-corrected chi connectivity index (χ3v) is 3.15. The van der Waals surface area contributed by atoms with Gasteiger partial charge in [0.25, 0.3) is 0 Å². The maximum absolute atomic E-state index is 5.79. The highest BCUT2D eigenvalue weighted by Gasteiger charge is 2.22. The van der Waals surface area contributed by atoms with Crippen LogP contribution in [0.1, 0.15) is 37.5 Å². The van der Waals surface area contributed by atoms with Crippen LogP contribution in [-0.4, -0.2) is 9.97 Å². The summed E-state index contributed by atoms with van der Waals surface area (Å²) in [6, 6.07) is 3.59. The summed E-state index contributed by atoms with van der Waals surface area (Å²) in [6.45, 7) is 0. The average Bonchev–Trinajstić information content (AvgIpc) is 2.84. The number of pyridine rings is 1. The van der Waals surface area contributed by atoms with Crippen molar-refractivity contribution in [1.29, 1.82) is 0 Å². The summed E-state index contributed by atoms with van der Waals surface area (Å²) in [6.07, 6.45) is 4.91. The summed E-state index contributed by atoms with van der Waals surface area (Å²) in [7, 11) is 0. The zero-order chi connectivity index (χ0) is 10.3. The van der Waals surface area contributed by atoms with Crippen LogP contribution in [0.3, 0.4) is 0 Å². The molecule has 0 amide bonds. The van der Waals surface area contributed by atoms with Crippen molar-refractivity contribution in [3.63, 3.8) is 0 Å². The van der Waals surface area contributed by atoms with E-state index in [1.807, 2.05) is 6.07 Å². The van der Waals surface area contributed by atoms with Crippen LogP contribution < -0.4 is 0 Å². The number of hydrogen-bond acceptors (Lipinski definition) is 3. The fourth-order valence-corrected chi connectivity index (χ4v) is 2.30. The van der Waals surface area contributed by atoms with Crippen LogP contribution in [0.5, 0.6) is 0 Å². The molecule has 0 spiro atoms. The molecule has 0 unspecified atom stereocenters. The number of hydrogen-bond donors (Lipinski definition) is 0. The number of rotatable bonds is 1. The molecule has 0 bridgehead atoms. The molecule has 0 radical (unpaired) electrons. The lowest BCUT2D eigenvalue weighted by Gasteiger charge is -2.00. The molecule has 78 valence electrons. The van der Waals surface area contributed by atoms with Gasteiger partial charge < -0.3 is 4.42 Å². The second kappa shape index (κ2) is 3.49. The predicted octanol–water partition coefficient (Wildman–Crippen LogP) is 3.53. The Bertz CT molecular complexity index is 488. The van der Waals surface area contributed by atoms with Crippen molar-refractivity contribution >= 4 is 22.8 Å². The first-order valence-corrected chi connectivity index (χ1v) is 5.64. The van der Waals surface area contributed by atoms with E-state index in [0.717, 1.165) is 11.4 Å². The Balaban J connectivity index is 2.05. The lowest BCUT2D eigenvalue weighted by molar-refractivity contribution is 0.469. The summed E-state index contributed by atoms with van der Waals surface area (Å²) in [4.78, 5) is 8.55. The van der Waals surface area contributed by atoms with E-state index in [2.05, 4.69) is 9.97 Å². The van der Waals surface area contributed by atoms with Crippen LogP contribution in [0, 0.1) is 0 Å². The fourth-order valence-electron chi connectivity index (χ4n) is 2.16. The van der Waals surface area contributed by atoms with Crippen LogP contribution in [0.2, 0.25) is 5.15 Å². The molecule has 0 aliphatic heterocycles. The van der Waals surface area contributed by atoms with E-state index in [4.69, 9.17) is 16.0 Å². The number of nitrogens with zero attached hydrogens (tertiary/aromatic N) is 2. The Kier molecular flexibility index (Phi) is 2.13. The van der Waals surface area contributed by atoms with E-state index in [1.54, 1.807) is 6.07 Å². The van der Waals surface area contributed by atoms with Gasteiger partial charge in [-0.15, -0.1) is 0 Å². The van der Waals surface area contributed by atoms with Gasteiger partial charge in [-0.1, -0.05) is 24.4 Å². The monoisotopic (exact) mass is 222 g/mol. The van der Waals surface area contributed by atoms with Crippen molar-refractivity contribution in [3.8, 4) is 0 Å². The lowest BCUT2D eigenvalue weighted by atomic mass is 10.1. The maximum atomic E-state index is 5.79. The molecule has 4 heteroatoms. The predicted molar refractivity (Wildman–Crippen MR) is 58.0 cm³/mol. The SMILES string of the molecule is Clc1ccc2nc(C3CCCC3)oc2n1. The highest BCUT2D eigenvalue weighted by atomic mass is 35.5. The van der Waals surface area contributed by atoms with Gasteiger partial charge in [-0.25, -0.2) is 4.98 Å². The number of halogens is 1. The summed E-state index contributed by atoms with van der Waals surface area (Å²) in [5.74, 6) is 1.32. The molecule has 0 atom stereocenters. The molecular formula is C11H11ClN2O. The number of aromatic nitrogens is 2. The van der Waals surface area contributed by atoms with Gasteiger partial charge in [-0.05, 0) is 25.0 Å². The van der Waals surface area contributed by atoms with Crippen LogP contribution in [0.25, 0.3) is 11.2 Å². The van der Waals surface area contributed by atoms with Crippen molar-refractivity contribution in [3.05, 3.63) is 23.2 Å². The Labute approximate surface area is 92.5 Å². The summed E-state index contributed by atoms with van der Waals surface area (Å²) < 4.78 is 5.63. The first kappa shape index (κ1) is 9.16. The second-order valence-corrected chi connectivity index (χ2v) is 4.38. The smallest absolute Gasteiger partial charge is 0.248 e. The summed E-state index contributed by atoms with van der Waals surface area (Å²) in [5, 5.41) is 0.455. The maximum Gasteiger partial charge on any atom is 0.248 e. The molecule has 1 fully saturated rings. The summed E-state index contributed by atoms with van der Waals surface area (Å²) >= 11 is 5.79. The zero-order valence-electron chi connectivity index (χ0n) is 8.24. The normalized spacial score (nSPS) is 17.7. The highest BCUT2D eigenvalue weighted by Crippen LogP contribution is 2.34. The largest absolute Gasteiger partial charge is 0.422 e. The molecule has 1 saturated carbocycles. The molecule has 2 heterocycles. The quantitative estimate of drug-likeness (QED) is 0.693. The van der Waals surface area contributed by atoms with Crippen molar-refractivity contribution in [1.82, 2.24) is 9.97 Å². The molecule has 2 aromatic rings. The van der Waals surface area contributed by atoms with E-state index in [9.17, 15) is 0 Å². The number of fused-ring (bicyclic) bond motifs is 1. The third kappa shape index (κ3) is 1.61. The topological polar surface area (TPSA) is 38.9 Å². The first-order chi connectivity index (χ1) is 7.33. The molecule has 0 aromatic carbocycles. The van der Waals surface area contributed by atoms with Crippen molar-refractivity contribution in [2.45, 2.75) is 31.6 Å². The van der Waals surface area contributed by atoms with Crippen LogP contribution >= 0.6 is 11.6 Å². The molecule has 3 rings (SSSR count). The minimum atomic E-state index is 0.455. The molecule has 1 aliphatic rings. The Morgan fingerprint density at radius 3 is 2.80 bits per heavy atom. The van der Waals surface area contributed by atoms with E-state index in [1.165, 1.54) is 25.7 Å². The minimum Gasteiger partial charge on any atom is -0.422 e. The zero-order valence-corrected chi connectivity index (χ0v) is 9.00. The Morgan fingerprint density at radius 2 is 2.00 bits per heavy atom. The minimum absolute atomic E-state index is 0.455. The standard InChI is InChI=1S/C11H11ClN2O/c12-9-6-5-8-11(14-9)15-10(13-8)7-3-1-2-4-7/h5-7H,1-4H2. The van der Waals surface area contributed by atoms with E-state index in [0.29, 0.717) is 16.8 Å². The van der Waals surface area contributed by atoms with Gasteiger partial charge >= 0.3 is 0 Å². The molecule has 0 N–H and O–H groups in total. The first-order valence-electron chi connectivity index (χ1n) is 5.26. The fraction of sp³-hybridized carbons (Fsp3) is 0.455. The Morgan fingerprint density at radius 1 is 1.20 bits per heavy atom. The molecule has 2 aromatic heterocycles. The van der Waals surface area contributed by atoms with Gasteiger partial charge in [-0.3, -0.25) is 0 Å². The van der Waals surface area contributed by atoms with E-state index in [-0.39, 0.29) is 0 Å². The van der Waals surface area contributed by atoms with Gasteiger partial charge in [0.05, 0.1) is 0 Å². The van der Waals surface area contributed by atoms with Crippen molar-refractivity contribution in [2.75, 3.05) is 0 Å². The highest BCUT2D eigenvalue weighted by molar-refractivity contribution is 6.29. The van der Waals surface area contributed by atoms with Gasteiger partial charge in [0.1, 0.15) is 10.7 Å². The van der Waals surface area contributed by atoms with Crippen LogP contribution in [0.15, 0.2) is 16.5 Å². The molecule has 3 nitrogen and oxygen atoms in total. The van der Waals surface area contributed by atoms with Gasteiger partial charge in [0, 0.05) is 5.92 Å². The van der Waals surface area contributed by atoms with Crippen molar-refractivity contribution in [2.24, 2.45) is 0 Å². The Hall–Kier alpha value is -1.09. The van der Waals surface area contributed by atoms with Gasteiger partial charge in [-0.2, -0.15) is 4.98 Å². The van der Waals surface area contributed by atoms with Crippen molar-refractivity contribution < 1.29 is 4.42 Å². The van der Waals surface area contributed by atoms with Crippen LogP contribution in [-0.2, 0) is 0 Å².